The lowest BCUT2D eigenvalue weighted by atomic mass is 9.80. The topological polar surface area (TPSA) is 65.6 Å². The van der Waals surface area contributed by atoms with Crippen LogP contribution in [0.15, 0.2) is 151 Å². The van der Waals surface area contributed by atoms with Gasteiger partial charge in [0.2, 0.25) is 0 Å². The molecule has 4 N–H and O–H groups in total. The molecule has 6 nitrogen and oxygen atoms in total. The molecule has 0 amide bonds. The third-order valence-corrected chi connectivity index (χ3v) is 10.7. The molecule has 2 aromatic carbocycles. The second-order valence-electron chi connectivity index (χ2n) is 17.0. The van der Waals surface area contributed by atoms with E-state index in [1.54, 1.807) is 0 Å². The lowest BCUT2D eigenvalue weighted by Crippen LogP contribution is -2.24. The first-order chi connectivity index (χ1) is 30.0. The Balaban J connectivity index is 0.00000317. The van der Waals surface area contributed by atoms with Crippen molar-refractivity contribution in [1.29, 1.82) is 0 Å². The first kappa shape index (κ1) is 58.4. The van der Waals surface area contributed by atoms with Crippen molar-refractivity contribution in [2.75, 3.05) is 27.7 Å². The van der Waals surface area contributed by atoms with E-state index in [0.29, 0.717) is 0 Å². The quantitative estimate of drug-likeness (QED) is 0.0516. The fourth-order valence-corrected chi connectivity index (χ4v) is 7.45. The third kappa shape index (κ3) is 18.6. The maximum absolute atomic E-state index is 4.39. The fraction of sp³-hybridized carbons (Fsp3) is 0.456. The summed E-state index contributed by atoms with van der Waals surface area (Å²) in [5.74, 6) is 4.35. The van der Waals surface area contributed by atoms with Gasteiger partial charge < -0.3 is 20.4 Å². The lowest BCUT2D eigenvalue weighted by Gasteiger charge is -2.22. The Bertz CT molecular complexity index is 1910. The van der Waals surface area contributed by atoms with E-state index in [4.69, 9.17) is 0 Å². The van der Waals surface area contributed by atoms with Crippen LogP contribution in [0.1, 0.15) is 138 Å². The molecule has 2 aliphatic rings. The van der Waals surface area contributed by atoms with Gasteiger partial charge >= 0.3 is 0 Å². The first-order valence-corrected chi connectivity index (χ1v) is 23.2. The van der Waals surface area contributed by atoms with Crippen molar-refractivity contribution < 1.29 is 9.41 Å². The minimum atomic E-state index is -0.187. The molecule has 0 radical (unpaired) electrons. The van der Waals surface area contributed by atoms with Gasteiger partial charge in [-0.05, 0) is 92.6 Å². The van der Waals surface area contributed by atoms with Crippen molar-refractivity contribution in [2.45, 2.75) is 135 Å². The van der Waals surface area contributed by atoms with Crippen molar-refractivity contribution in [3.05, 3.63) is 173 Å². The largest absolute Gasteiger partial charge is 0.348 e. The van der Waals surface area contributed by atoms with Gasteiger partial charge in [-0.1, -0.05) is 166 Å². The summed E-state index contributed by atoms with van der Waals surface area (Å²) in [6.45, 7) is 43.9. The summed E-state index contributed by atoms with van der Waals surface area (Å²) in [5.41, 5.74) is 14.5. The van der Waals surface area contributed by atoms with Gasteiger partial charge in [0, 0.05) is 62.1 Å². The fourth-order valence-electron chi connectivity index (χ4n) is 7.45. The van der Waals surface area contributed by atoms with Gasteiger partial charge in [-0.3, -0.25) is 0 Å². The van der Waals surface area contributed by atoms with E-state index in [0.717, 1.165) is 50.3 Å². The van der Waals surface area contributed by atoms with Crippen molar-refractivity contribution in [2.24, 2.45) is 16.7 Å². The first-order valence-electron chi connectivity index (χ1n) is 23.2. The number of benzene rings is 2. The number of nitrogens with zero attached hydrogens (tertiary/aromatic N) is 2. The van der Waals surface area contributed by atoms with Gasteiger partial charge in [0.1, 0.15) is 7.05 Å². The molecule has 2 aliphatic heterocycles. The minimum Gasteiger partial charge on any atom is -0.348 e. The normalized spacial score (nSPS) is 16.7. The maximum Gasteiger partial charge on any atom is 0.191 e. The molecule has 4 rings (SSSR count). The SMILES string of the molecule is C=C/C=C1\C(=C)N(C)\C(=C/C=C(/C=C/C2=[N+](C)C(C)=C(/C=C\C)C2(C)C)c2ccc(CNCc3ccc(CNCCCC(=C)C)cc3)cc2)C1(C)C.CC.CCC.CCC.CON. The molecule has 0 aromatic heterocycles. The van der Waals surface area contributed by atoms with Crippen LogP contribution in [0.2, 0.25) is 0 Å². The number of hydrogen-bond acceptors (Lipinski definition) is 5. The molecule has 1 saturated heterocycles. The summed E-state index contributed by atoms with van der Waals surface area (Å²) in [7, 11) is 5.68. The summed E-state index contributed by atoms with van der Waals surface area (Å²) in [5, 5.41) is 7.18. The number of nitrogens with one attached hydrogen (secondary N) is 2. The van der Waals surface area contributed by atoms with Crippen LogP contribution in [0.4, 0.5) is 0 Å². The van der Waals surface area contributed by atoms with Crippen molar-refractivity contribution in [1.82, 2.24) is 15.5 Å². The van der Waals surface area contributed by atoms with Crippen molar-refractivity contribution >= 4 is 11.3 Å². The smallest absolute Gasteiger partial charge is 0.191 e. The van der Waals surface area contributed by atoms with Crippen molar-refractivity contribution in [3.63, 3.8) is 0 Å². The summed E-state index contributed by atoms with van der Waals surface area (Å²) in [6.07, 6.45) is 22.2. The Labute approximate surface area is 387 Å². The number of allylic oxidation sites excluding steroid dienone is 14. The molecule has 63 heavy (non-hydrogen) atoms. The standard InChI is InChI=1S/C48H63N4.2C3H8.C2H6.CH5NO/c1-13-16-43-36(5)51(11)45(47(43,7)8)29-27-42(28-30-46-48(9,10)44(17-14-2)37(6)52(46)12)41-25-23-40(24-26-41)34-50-33-39-21-19-38(20-22-39)32-49-31-15-18-35(3)4;2*1-3-2;1-2;1-3-2/h13-14,16-17,19-30,49-50H,1,3,5,15,18,31-34H2,2,4,6-12H3;2*3H2,1-2H3;1-2H3;2H2,1H3/q+1;;;;/b17-14-,43-16+;;;;. The Morgan fingerprint density at radius 2 is 1.32 bits per heavy atom. The second kappa shape index (κ2) is 31.3. The van der Waals surface area contributed by atoms with Crippen LogP contribution < -0.4 is 16.5 Å². The van der Waals surface area contributed by atoms with E-state index >= 15 is 0 Å². The summed E-state index contributed by atoms with van der Waals surface area (Å²) >= 11 is 0. The molecule has 0 aliphatic carbocycles. The van der Waals surface area contributed by atoms with Crippen LogP contribution >= 0.6 is 0 Å². The number of likely N-dealkylation sites (N-methyl/N-ethyl adjacent to an activating group) is 1. The molecule has 0 saturated carbocycles. The van der Waals surface area contributed by atoms with Gasteiger partial charge in [-0.25, -0.2) is 10.5 Å². The van der Waals surface area contributed by atoms with Crippen LogP contribution in [0.5, 0.6) is 0 Å². The van der Waals surface area contributed by atoms with E-state index in [1.807, 2.05) is 19.9 Å². The Morgan fingerprint density at radius 3 is 1.78 bits per heavy atom. The van der Waals surface area contributed by atoms with E-state index < -0.39 is 0 Å². The van der Waals surface area contributed by atoms with Gasteiger partial charge in [-0.2, -0.15) is 0 Å². The molecule has 0 bridgehead atoms. The van der Waals surface area contributed by atoms with Crippen LogP contribution in [-0.4, -0.2) is 42.9 Å². The predicted octanol–water partition coefficient (Wildman–Crippen LogP) is 14.2. The molecule has 0 atom stereocenters. The summed E-state index contributed by atoms with van der Waals surface area (Å²) < 4.78 is 2.33. The number of hydrogen-bond donors (Lipinski definition) is 3. The monoisotopic (exact) mass is 861 g/mol. The van der Waals surface area contributed by atoms with E-state index in [1.165, 1.54) is 76.0 Å². The molecule has 6 heteroatoms. The molecule has 0 unspecified atom stereocenters. The zero-order chi connectivity index (χ0) is 48.2. The summed E-state index contributed by atoms with van der Waals surface area (Å²) in [6, 6.07) is 17.9. The molecule has 0 spiro atoms. The summed E-state index contributed by atoms with van der Waals surface area (Å²) in [4.78, 5) is 5.96. The Morgan fingerprint density at radius 1 is 0.841 bits per heavy atom. The predicted molar refractivity (Wildman–Crippen MR) is 280 cm³/mol. The van der Waals surface area contributed by atoms with Crippen LogP contribution in [0, 0.1) is 10.8 Å². The minimum absolute atomic E-state index is 0.0987. The van der Waals surface area contributed by atoms with Crippen LogP contribution in [0.3, 0.4) is 0 Å². The van der Waals surface area contributed by atoms with E-state index in [9.17, 15) is 0 Å². The van der Waals surface area contributed by atoms with E-state index in [-0.39, 0.29) is 10.8 Å². The van der Waals surface area contributed by atoms with Gasteiger partial charge in [0.25, 0.3) is 0 Å². The maximum atomic E-state index is 4.39. The zero-order valence-electron chi connectivity index (χ0n) is 42.9. The molecule has 348 valence electrons. The molecule has 2 heterocycles. The number of likely N-dealkylation sites (tertiary alicyclic amines) is 1. The number of nitrogens with two attached hydrogens (primary N) is 1. The lowest BCUT2D eigenvalue weighted by molar-refractivity contribution is -0.440. The van der Waals surface area contributed by atoms with Crippen molar-refractivity contribution in [3.8, 4) is 0 Å². The highest BCUT2D eigenvalue weighted by atomic mass is 16.6. The molecular weight excluding hydrogens is 771 g/mol. The van der Waals surface area contributed by atoms with Crippen LogP contribution in [-0.2, 0) is 24.5 Å². The third-order valence-electron chi connectivity index (χ3n) is 10.7. The Hall–Kier alpha value is -4.59. The second-order valence-corrected chi connectivity index (χ2v) is 17.0. The highest BCUT2D eigenvalue weighted by molar-refractivity contribution is 6.01. The molecule has 2 aromatic rings. The van der Waals surface area contributed by atoms with Gasteiger partial charge in [0.05, 0.1) is 12.5 Å². The van der Waals surface area contributed by atoms with Crippen LogP contribution in [0.25, 0.3) is 5.57 Å². The van der Waals surface area contributed by atoms with Gasteiger partial charge in [-0.15, -0.1) is 6.58 Å². The van der Waals surface area contributed by atoms with Gasteiger partial charge in [0.15, 0.2) is 11.4 Å². The molecular formula is C57H90N5O+. The van der Waals surface area contributed by atoms with E-state index in [2.05, 4.69) is 232 Å². The Kier molecular flexibility index (Phi) is 29.0. The average Bonchev–Trinajstić information content (AvgIpc) is 3.51. The number of rotatable bonds is 16. The highest BCUT2D eigenvalue weighted by Crippen LogP contribution is 2.48. The zero-order valence-corrected chi connectivity index (χ0v) is 42.9. The highest BCUT2D eigenvalue weighted by Gasteiger charge is 2.42. The average molecular weight is 861 g/mol. The molecule has 1 fully saturated rings.